The van der Waals surface area contributed by atoms with Gasteiger partial charge in [-0.3, -0.25) is 0 Å². The number of hydrogen-bond donors (Lipinski definition) is 0. The summed E-state index contributed by atoms with van der Waals surface area (Å²) in [6.07, 6.45) is 0. The van der Waals surface area contributed by atoms with Gasteiger partial charge in [0, 0.05) is 33.3 Å². The van der Waals surface area contributed by atoms with Gasteiger partial charge in [-0.25, -0.2) is 4.98 Å². The molecule has 2 aromatic carbocycles. The van der Waals surface area contributed by atoms with Crippen molar-refractivity contribution < 1.29 is 4.74 Å². The Bertz CT molecular complexity index is 883. The van der Waals surface area contributed by atoms with Gasteiger partial charge in [0.1, 0.15) is 5.75 Å². The van der Waals surface area contributed by atoms with E-state index >= 15 is 0 Å². The predicted molar refractivity (Wildman–Crippen MR) is 112 cm³/mol. The molecule has 134 valence electrons. The van der Waals surface area contributed by atoms with E-state index in [-0.39, 0.29) is 0 Å². The van der Waals surface area contributed by atoms with Crippen LogP contribution in [0.3, 0.4) is 0 Å². The second kappa shape index (κ2) is 8.02. The molecule has 26 heavy (non-hydrogen) atoms. The molecule has 0 spiro atoms. The van der Waals surface area contributed by atoms with Crippen molar-refractivity contribution in [3.05, 3.63) is 66.5 Å². The molecule has 0 atom stereocenters. The van der Waals surface area contributed by atoms with Crippen molar-refractivity contribution in [3.8, 4) is 28.3 Å². The highest BCUT2D eigenvalue weighted by atomic mass is 35.5. The molecular formula is C18H9Cl6NO. The zero-order valence-electron chi connectivity index (χ0n) is 13.1. The van der Waals surface area contributed by atoms with Gasteiger partial charge in [0.15, 0.2) is 0 Å². The Balaban J connectivity index is 2.28. The van der Waals surface area contributed by atoms with E-state index in [2.05, 4.69) is 4.98 Å². The van der Waals surface area contributed by atoms with Gasteiger partial charge in [-0.1, -0.05) is 69.6 Å². The van der Waals surface area contributed by atoms with Crippen LogP contribution in [-0.2, 0) is 0 Å². The lowest BCUT2D eigenvalue weighted by Gasteiger charge is -2.13. The maximum Gasteiger partial charge on any atom is 0.123 e. The highest BCUT2D eigenvalue weighted by Gasteiger charge is 2.18. The fraction of sp³-hybridized carbons (Fsp3) is 0.0556. The maximum atomic E-state index is 6.33. The van der Waals surface area contributed by atoms with Gasteiger partial charge >= 0.3 is 0 Å². The monoisotopic (exact) mass is 465 g/mol. The zero-order valence-corrected chi connectivity index (χ0v) is 17.6. The number of aromatic nitrogens is 1. The molecule has 0 amide bonds. The van der Waals surface area contributed by atoms with Gasteiger partial charge in [0.2, 0.25) is 0 Å². The molecule has 0 fully saturated rings. The van der Waals surface area contributed by atoms with E-state index in [9.17, 15) is 0 Å². The molecule has 0 N–H and O–H groups in total. The Hall–Kier alpha value is -0.870. The van der Waals surface area contributed by atoms with E-state index in [0.29, 0.717) is 58.4 Å². The van der Waals surface area contributed by atoms with Crippen LogP contribution in [0, 0.1) is 0 Å². The number of halogens is 6. The molecular weight excluding hydrogens is 459 g/mol. The Morgan fingerprint density at radius 2 is 0.962 bits per heavy atom. The van der Waals surface area contributed by atoms with Crippen LogP contribution in [0.25, 0.3) is 22.5 Å². The Morgan fingerprint density at radius 1 is 0.615 bits per heavy atom. The van der Waals surface area contributed by atoms with Crippen molar-refractivity contribution >= 4 is 69.6 Å². The van der Waals surface area contributed by atoms with Gasteiger partial charge in [0.25, 0.3) is 0 Å². The first-order valence-electron chi connectivity index (χ1n) is 7.16. The third-order valence-electron chi connectivity index (χ3n) is 3.56. The van der Waals surface area contributed by atoms with Crippen LogP contribution in [-0.4, -0.2) is 12.1 Å². The smallest absolute Gasteiger partial charge is 0.123 e. The van der Waals surface area contributed by atoms with Crippen LogP contribution in [0.1, 0.15) is 0 Å². The lowest BCUT2D eigenvalue weighted by molar-refractivity contribution is 0.414. The molecule has 3 rings (SSSR count). The second-order valence-electron chi connectivity index (χ2n) is 5.27. The molecule has 0 unspecified atom stereocenters. The van der Waals surface area contributed by atoms with Crippen molar-refractivity contribution in [2.75, 3.05) is 7.11 Å². The summed E-state index contributed by atoms with van der Waals surface area (Å²) in [5.74, 6) is 0.536. The van der Waals surface area contributed by atoms with Crippen LogP contribution in [0.4, 0.5) is 0 Å². The van der Waals surface area contributed by atoms with E-state index in [1.54, 1.807) is 43.5 Å². The van der Waals surface area contributed by atoms with E-state index in [4.69, 9.17) is 74.3 Å². The van der Waals surface area contributed by atoms with Crippen molar-refractivity contribution in [1.82, 2.24) is 4.98 Å². The first-order chi connectivity index (χ1) is 12.3. The minimum Gasteiger partial charge on any atom is -0.497 e. The lowest BCUT2D eigenvalue weighted by Crippen LogP contribution is -1.94. The Morgan fingerprint density at radius 3 is 1.27 bits per heavy atom. The number of benzene rings is 2. The average Bonchev–Trinajstić information content (AvgIpc) is 2.52. The summed E-state index contributed by atoms with van der Waals surface area (Å²) in [6.45, 7) is 0. The highest BCUT2D eigenvalue weighted by molar-refractivity contribution is 6.42. The minimum absolute atomic E-state index is 0.363. The molecule has 0 aliphatic heterocycles. The van der Waals surface area contributed by atoms with Crippen molar-refractivity contribution in [3.63, 3.8) is 0 Å². The summed E-state index contributed by atoms with van der Waals surface area (Å²) in [5, 5.41) is 2.31. The van der Waals surface area contributed by atoms with E-state index < -0.39 is 0 Å². The van der Waals surface area contributed by atoms with Crippen molar-refractivity contribution in [2.45, 2.75) is 0 Å². The van der Waals surface area contributed by atoms with Crippen LogP contribution < -0.4 is 4.74 Å². The van der Waals surface area contributed by atoms with Gasteiger partial charge in [-0.15, -0.1) is 0 Å². The SMILES string of the molecule is COc1cc(-c2c(Cl)cc(Cl)cc2Cl)nc(-c2c(Cl)cc(Cl)cc2Cl)c1. The van der Waals surface area contributed by atoms with Gasteiger partial charge in [-0.05, 0) is 24.3 Å². The van der Waals surface area contributed by atoms with Crippen LogP contribution in [0.5, 0.6) is 5.75 Å². The fourth-order valence-electron chi connectivity index (χ4n) is 2.45. The van der Waals surface area contributed by atoms with E-state index in [1.807, 2.05) is 0 Å². The topological polar surface area (TPSA) is 22.1 Å². The Labute approximate surface area is 180 Å². The second-order valence-corrected chi connectivity index (χ2v) is 7.77. The molecule has 8 heteroatoms. The van der Waals surface area contributed by atoms with E-state index in [0.717, 1.165) is 0 Å². The highest BCUT2D eigenvalue weighted by Crippen LogP contribution is 2.41. The third kappa shape index (κ3) is 4.01. The van der Waals surface area contributed by atoms with Crippen LogP contribution in [0.2, 0.25) is 30.1 Å². The molecule has 1 aromatic heterocycles. The number of hydrogen-bond acceptors (Lipinski definition) is 2. The van der Waals surface area contributed by atoms with Gasteiger partial charge < -0.3 is 4.74 Å². The first-order valence-corrected chi connectivity index (χ1v) is 9.43. The molecule has 3 aromatic rings. The zero-order chi connectivity index (χ0) is 19.0. The van der Waals surface area contributed by atoms with Crippen molar-refractivity contribution in [2.24, 2.45) is 0 Å². The molecule has 0 aliphatic rings. The molecule has 0 saturated carbocycles. The number of ether oxygens (including phenoxy) is 1. The number of rotatable bonds is 3. The first kappa shape index (κ1) is 19.9. The Kier molecular flexibility index (Phi) is 6.13. The van der Waals surface area contributed by atoms with Crippen LogP contribution in [0.15, 0.2) is 36.4 Å². The molecule has 1 heterocycles. The summed E-state index contributed by atoms with van der Waals surface area (Å²) in [4.78, 5) is 4.62. The third-order valence-corrected chi connectivity index (χ3v) is 5.19. The molecule has 0 aliphatic carbocycles. The fourth-order valence-corrected chi connectivity index (χ4v) is 4.47. The number of nitrogens with zero attached hydrogens (tertiary/aromatic N) is 1. The summed E-state index contributed by atoms with van der Waals surface area (Å²) in [7, 11) is 1.54. The standard InChI is InChI=1S/C18H9Cl6NO/c1-26-10-6-15(17-11(21)2-8(19)3-12(17)22)25-16(7-10)18-13(23)4-9(20)5-14(18)24/h2-7H,1H3. The summed E-state index contributed by atoms with van der Waals surface area (Å²) in [6, 6.07) is 9.78. The molecule has 2 nitrogen and oxygen atoms in total. The molecule has 0 bridgehead atoms. The molecule has 0 radical (unpaired) electrons. The molecule has 0 saturated heterocycles. The summed E-state index contributed by atoms with van der Waals surface area (Å²) in [5.41, 5.74) is 2.04. The predicted octanol–water partition coefficient (Wildman–Crippen LogP) is 8.34. The van der Waals surface area contributed by atoms with E-state index in [1.165, 1.54) is 0 Å². The summed E-state index contributed by atoms with van der Waals surface area (Å²) >= 11 is 37.3. The number of methoxy groups -OCH3 is 1. The minimum atomic E-state index is 0.363. The van der Waals surface area contributed by atoms with Gasteiger partial charge in [-0.2, -0.15) is 0 Å². The number of pyridine rings is 1. The quantitative estimate of drug-likeness (QED) is 0.386. The summed E-state index contributed by atoms with van der Waals surface area (Å²) < 4.78 is 5.38. The lowest BCUT2D eigenvalue weighted by atomic mass is 10.1. The maximum absolute atomic E-state index is 6.33. The van der Waals surface area contributed by atoms with Crippen LogP contribution >= 0.6 is 69.6 Å². The van der Waals surface area contributed by atoms with Crippen molar-refractivity contribution in [1.29, 1.82) is 0 Å². The normalized spacial score (nSPS) is 10.9. The average molecular weight is 468 g/mol. The largest absolute Gasteiger partial charge is 0.497 e. The van der Waals surface area contributed by atoms with Gasteiger partial charge in [0.05, 0.1) is 38.6 Å².